The van der Waals surface area contributed by atoms with Crippen LogP contribution in [-0.4, -0.2) is 24.6 Å². The van der Waals surface area contributed by atoms with E-state index in [0.717, 1.165) is 11.1 Å². The van der Waals surface area contributed by atoms with Crippen LogP contribution in [0.4, 0.5) is 0 Å². The third-order valence-electron chi connectivity index (χ3n) is 2.96. The summed E-state index contributed by atoms with van der Waals surface area (Å²) >= 11 is 0. The highest BCUT2D eigenvalue weighted by Crippen LogP contribution is 2.17. The number of hydrogen-bond donors (Lipinski definition) is 0. The van der Waals surface area contributed by atoms with Crippen molar-refractivity contribution < 1.29 is 19.1 Å². The average Bonchev–Trinajstić information content (AvgIpc) is 2.68. The van der Waals surface area contributed by atoms with Gasteiger partial charge in [0.1, 0.15) is 0 Å². The van der Waals surface area contributed by atoms with Crippen molar-refractivity contribution in [1.29, 1.82) is 0 Å². The van der Waals surface area contributed by atoms with Crippen molar-refractivity contribution in [1.82, 2.24) is 0 Å². The summed E-state index contributed by atoms with van der Waals surface area (Å²) < 4.78 is 9.87. The Hall–Kier alpha value is -1.84. The van der Waals surface area contributed by atoms with Crippen LogP contribution in [0.25, 0.3) is 0 Å². The van der Waals surface area contributed by atoms with Gasteiger partial charge in [0.05, 0.1) is 12.2 Å². The van der Waals surface area contributed by atoms with E-state index in [9.17, 15) is 9.59 Å². The van der Waals surface area contributed by atoms with Crippen molar-refractivity contribution in [2.24, 2.45) is 0 Å². The molecule has 4 heteroatoms. The van der Waals surface area contributed by atoms with Crippen molar-refractivity contribution in [3.8, 4) is 0 Å². The minimum atomic E-state index is -0.748. The number of hydrogen-bond acceptors (Lipinski definition) is 4. The van der Waals surface area contributed by atoms with Gasteiger partial charge in [-0.1, -0.05) is 12.1 Å². The molecule has 1 saturated heterocycles. The number of esters is 2. The second-order valence-electron chi connectivity index (χ2n) is 4.10. The molecule has 1 aliphatic rings. The molecule has 0 spiro atoms. The topological polar surface area (TPSA) is 52.6 Å². The van der Waals surface area contributed by atoms with Crippen molar-refractivity contribution in [3.63, 3.8) is 0 Å². The lowest BCUT2D eigenvalue weighted by Crippen LogP contribution is -2.23. The largest absolute Gasteiger partial charge is 0.463 e. The second kappa shape index (κ2) is 4.57. The number of rotatable bonds is 2. The summed E-state index contributed by atoms with van der Waals surface area (Å²) in [5, 5.41) is 0. The number of carbonyl (C=O) groups is 2. The van der Waals surface area contributed by atoms with Crippen LogP contribution in [0.15, 0.2) is 18.2 Å². The van der Waals surface area contributed by atoms with E-state index in [2.05, 4.69) is 0 Å². The van der Waals surface area contributed by atoms with E-state index in [1.54, 1.807) is 12.1 Å². The first-order chi connectivity index (χ1) is 8.09. The molecule has 4 nitrogen and oxygen atoms in total. The van der Waals surface area contributed by atoms with E-state index in [4.69, 9.17) is 9.47 Å². The molecule has 1 aliphatic heterocycles. The van der Waals surface area contributed by atoms with Gasteiger partial charge in [-0.2, -0.15) is 0 Å². The summed E-state index contributed by atoms with van der Waals surface area (Å²) in [6.45, 7) is 4.11. The average molecular weight is 234 g/mol. The van der Waals surface area contributed by atoms with Gasteiger partial charge < -0.3 is 9.47 Å². The highest BCUT2D eigenvalue weighted by molar-refractivity contribution is 5.93. The van der Waals surface area contributed by atoms with Crippen LogP contribution in [0.3, 0.4) is 0 Å². The van der Waals surface area contributed by atoms with E-state index in [1.165, 1.54) is 0 Å². The third-order valence-corrected chi connectivity index (χ3v) is 2.96. The van der Waals surface area contributed by atoms with Crippen molar-refractivity contribution in [2.45, 2.75) is 26.4 Å². The zero-order chi connectivity index (χ0) is 12.4. The van der Waals surface area contributed by atoms with E-state index < -0.39 is 18.0 Å². The first-order valence-electron chi connectivity index (χ1n) is 5.53. The van der Waals surface area contributed by atoms with Crippen LogP contribution >= 0.6 is 0 Å². The Labute approximate surface area is 99.5 Å². The number of benzene rings is 1. The summed E-state index contributed by atoms with van der Waals surface area (Å²) in [6.07, 6.45) is -0.308. The van der Waals surface area contributed by atoms with Crippen LogP contribution in [0.5, 0.6) is 0 Å². The zero-order valence-electron chi connectivity index (χ0n) is 9.86. The van der Waals surface area contributed by atoms with Crippen LogP contribution in [0, 0.1) is 13.8 Å². The minimum Gasteiger partial charge on any atom is -0.463 e. The first-order valence-corrected chi connectivity index (χ1v) is 5.53. The fraction of sp³-hybridized carbons (Fsp3) is 0.385. The van der Waals surface area contributed by atoms with Crippen LogP contribution in [-0.2, 0) is 14.3 Å². The lowest BCUT2D eigenvalue weighted by atomic mass is 10.0. The summed E-state index contributed by atoms with van der Waals surface area (Å²) in [5.41, 5.74) is 2.40. The van der Waals surface area contributed by atoms with Gasteiger partial charge in [0.2, 0.25) is 6.10 Å². The summed E-state index contributed by atoms with van der Waals surface area (Å²) in [5.74, 6) is -0.918. The summed E-state index contributed by atoms with van der Waals surface area (Å²) in [6, 6.07) is 5.42. The molecule has 0 saturated carbocycles. The molecule has 2 rings (SSSR count). The van der Waals surface area contributed by atoms with E-state index in [0.29, 0.717) is 18.6 Å². The quantitative estimate of drug-likeness (QED) is 0.732. The fourth-order valence-corrected chi connectivity index (χ4v) is 1.75. The van der Waals surface area contributed by atoms with Crippen molar-refractivity contribution in [3.05, 3.63) is 34.9 Å². The molecular formula is C13H14O4. The molecule has 0 N–H and O–H groups in total. The lowest BCUT2D eigenvalue weighted by Gasteiger charge is -2.11. The van der Waals surface area contributed by atoms with Gasteiger partial charge in [-0.25, -0.2) is 9.59 Å². The van der Waals surface area contributed by atoms with Crippen molar-refractivity contribution in [2.75, 3.05) is 6.61 Å². The Morgan fingerprint density at radius 1 is 1.41 bits per heavy atom. The van der Waals surface area contributed by atoms with Gasteiger partial charge >= 0.3 is 11.9 Å². The predicted octanol–water partition coefficient (Wildman–Crippen LogP) is 1.78. The second-order valence-corrected chi connectivity index (χ2v) is 4.10. The van der Waals surface area contributed by atoms with Crippen LogP contribution in [0.2, 0.25) is 0 Å². The number of aryl methyl sites for hydroxylation is 1. The summed E-state index contributed by atoms with van der Waals surface area (Å²) in [7, 11) is 0. The maximum atomic E-state index is 11.9. The van der Waals surface area contributed by atoms with Crippen LogP contribution in [0.1, 0.15) is 27.9 Å². The smallest absolute Gasteiger partial charge is 0.347 e. The van der Waals surface area contributed by atoms with Gasteiger partial charge in [-0.05, 0) is 31.0 Å². The molecule has 1 atom stereocenters. The van der Waals surface area contributed by atoms with Crippen LogP contribution < -0.4 is 0 Å². The van der Waals surface area contributed by atoms with Crippen molar-refractivity contribution >= 4 is 11.9 Å². The Bertz CT molecular complexity index is 464. The molecule has 0 radical (unpaired) electrons. The zero-order valence-corrected chi connectivity index (χ0v) is 9.86. The minimum absolute atomic E-state index is 0.323. The number of carbonyl (C=O) groups excluding carboxylic acids is 2. The van der Waals surface area contributed by atoms with Gasteiger partial charge in [0.15, 0.2) is 0 Å². The molecule has 90 valence electrons. The third kappa shape index (κ3) is 2.30. The Morgan fingerprint density at radius 2 is 2.18 bits per heavy atom. The number of ether oxygens (including phenoxy) is 2. The lowest BCUT2D eigenvalue weighted by molar-refractivity contribution is -0.145. The van der Waals surface area contributed by atoms with E-state index in [-0.39, 0.29) is 0 Å². The maximum Gasteiger partial charge on any atom is 0.347 e. The molecule has 0 aliphatic carbocycles. The normalized spacial score (nSPS) is 18.9. The molecule has 1 aromatic rings. The summed E-state index contributed by atoms with van der Waals surface area (Å²) in [4.78, 5) is 23.1. The van der Waals surface area contributed by atoms with E-state index in [1.807, 2.05) is 19.9 Å². The van der Waals surface area contributed by atoms with Gasteiger partial charge in [-0.3, -0.25) is 0 Å². The molecule has 17 heavy (non-hydrogen) atoms. The molecule has 1 heterocycles. The SMILES string of the molecule is Cc1cccc(C(=O)O[C@@H]2CCOC2=O)c1C. The number of cyclic esters (lactones) is 1. The molecule has 0 amide bonds. The monoisotopic (exact) mass is 234 g/mol. The highest BCUT2D eigenvalue weighted by atomic mass is 16.6. The molecule has 1 fully saturated rings. The first kappa shape index (κ1) is 11.6. The predicted molar refractivity (Wildman–Crippen MR) is 60.7 cm³/mol. The molecule has 0 bridgehead atoms. The molecular weight excluding hydrogens is 220 g/mol. The fourth-order valence-electron chi connectivity index (χ4n) is 1.75. The standard InChI is InChI=1S/C13H14O4/c1-8-4-3-5-10(9(8)2)12(14)17-11-6-7-16-13(11)15/h3-5,11H,6-7H2,1-2H3/t11-/m1/s1. The van der Waals surface area contributed by atoms with Gasteiger partial charge in [0.25, 0.3) is 0 Å². The molecule has 0 aromatic heterocycles. The molecule has 1 aromatic carbocycles. The Morgan fingerprint density at radius 3 is 2.82 bits per heavy atom. The van der Waals surface area contributed by atoms with Gasteiger partial charge in [0, 0.05) is 6.42 Å². The Kier molecular flexibility index (Phi) is 3.13. The Balaban J connectivity index is 2.14. The highest BCUT2D eigenvalue weighted by Gasteiger charge is 2.30. The molecule has 0 unspecified atom stereocenters. The van der Waals surface area contributed by atoms with Gasteiger partial charge in [-0.15, -0.1) is 0 Å². The maximum absolute atomic E-state index is 11.9. The van der Waals surface area contributed by atoms with E-state index >= 15 is 0 Å².